The van der Waals surface area contributed by atoms with Crippen LogP contribution in [-0.2, 0) is 25.7 Å². The number of amides is 1. The van der Waals surface area contributed by atoms with E-state index in [9.17, 15) is 9.59 Å². The SMILES string of the molecule is COCOc1cc(/C=C/C(=O)OCC(=O)Nc2ccc(Cl)cc2)ccc1OCc1ccccc1. The zero-order valence-corrected chi connectivity index (χ0v) is 19.3. The second-order valence-electron chi connectivity index (χ2n) is 7.03. The molecular weight excluding hydrogens is 458 g/mol. The van der Waals surface area contributed by atoms with Crippen LogP contribution in [0.15, 0.2) is 78.9 Å². The van der Waals surface area contributed by atoms with E-state index in [-0.39, 0.29) is 6.79 Å². The molecule has 1 amide bonds. The molecule has 0 bridgehead atoms. The summed E-state index contributed by atoms with van der Waals surface area (Å²) >= 11 is 5.81. The van der Waals surface area contributed by atoms with E-state index in [1.807, 2.05) is 30.3 Å². The third-order valence-electron chi connectivity index (χ3n) is 4.42. The maximum Gasteiger partial charge on any atom is 0.331 e. The topological polar surface area (TPSA) is 83.1 Å². The molecule has 0 heterocycles. The van der Waals surface area contributed by atoms with Crippen LogP contribution in [0.3, 0.4) is 0 Å². The monoisotopic (exact) mass is 481 g/mol. The Bertz CT molecular complexity index is 1120. The lowest BCUT2D eigenvalue weighted by Gasteiger charge is -2.13. The van der Waals surface area contributed by atoms with Crippen molar-refractivity contribution in [2.45, 2.75) is 6.61 Å². The highest BCUT2D eigenvalue weighted by Crippen LogP contribution is 2.30. The summed E-state index contributed by atoms with van der Waals surface area (Å²) < 4.78 is 21.5. The molecule has 0 atom stereocenters. The van der Waals surface area contributed by atoms with Gasteiger partial charge in [-0.3, -0.25) is 4.79 Å². The Morgan fingerprint density at radius 1 is 0.941 bits per heavy atom. The lowest BCUT2D eigenvalue weighted by atomic mass is 10.2. The van der Waals surface area contributed by atoms with Gasteiger partial charge in [0.15, 0.2) is 24.9 Å². The number of carbonyl (C=O) groups is 2. The third-order valence-corrected chi connectivity index (χ3v) is 4.67. The molecule has 0 spiro atoms. The van der Waals surface area contributed by atoms with Crippen LogP contribution in [0.25, 0.3) is 6.08 Å². The van der Waals surface area contributed by atoms with E-state index in [0.717, 1.165) is 5.56 Å². The average molecular weight is 482 g/mol. The number of hydrogen-bond acceptors (Lipinski definition) is 6. The molecule has 0 fully saturated rings. The van der Waals surface area contributed by atoms with Gasteiger partial charge in [-0.05, 0) is 53.6 Å². The number of halogens is 1. The Labute approximate surface area is 202 Å². The van der Waals surface area contributed by atoms with Gasteiger partial charge in [0.2, 0.25) is 0 Å². The third kappa shape index (κ3) is 8.27. The van der Waals surface area contributed by atoms with Crippen molar-refractivity contribution in [2.24, 2.45) is 0 Å². The lowest BCUT2D eigenvalue weighted by Crippen LogP contribution is -2.20. The molecular formula is C26H24ClNO6. The van der Waals surface area contributed by atoms with E-state index in [2.05, 4.69) is 5.32 Å². The first-order chi connectivity index (χ1) is 16.5. The molecule has 0 aliphatic heterocycles. The molecule has 1 N–H and O–H groups in total. The minimum atomic E-state index is -0.657. The maximum absolute atomic E-state index is 12.0. The highest BCUT2D eigenvalue weighted by Gasteiger charge is 2.09. The lowest BCUT2D eigenvalue weighted by molar-refractivity contribution is -0.142. The van der Waals surface area contributed by atoms with Gasteiger partial charge in [-0.15, -0.1) is 0 Å². The van der Waals surface area contributed by atoms with Crippen LogP contribution in [0.4, 0.5) is 5.69 Å². The first-order valence-corrected chi connectivity index (χ1v) is 10.7. The fourth-order valence-electron chi connectivity index (χ4n) is 2.80. The van der Waals surface area contributed by atoms with Crippen LogP contribution in [0.2, 0.25) is 5.02 Å². The number of benzene rings is 3. The molecule has 34 heavy (non-hydrogen) atoms. The second kappa shape index (κ2) is 13.0. The number of nitrogens with one attached hydrogen (secondary N) is 1. The molecule has 0 saturated heterocycles. The summed E-state index contributed by atoms with van der Waals surface area (Å²) in [6, 6.07) is 21.6. The summed E-state index contributed by atoms with van der Waals surface area (Å²) in [4.78, 5) is 24.0. The molecule has 3 aromatic rings. The number of esters is 1. The van der Waals surface area contributed by atoms with Crippen molar-refractivity contribution in [3.63, 3.8) is 0 Å². The molecule has 0 aromatic heterocycles. The fourth-order valence-corrected chi connectivity index (χ4v) is 2.92. The van der Waals surface area contributed by atoms with Crippen LogP contribution in [-0.4, -0.2) is 32.4 Å². The highest BCUT2D eigenvalue weighted by atomic mass is 35.5. The number of ether oxygens (including phenoxy) is 4. The Morgan fingerprint density at radius 3 is 2.44 bits per heavy atom. The Hall–Kier alpha value is -3.81. The quantitative estimate of drug-likeness (QED) is 0.233. The van der Waals surface area contributed by atoms with Gasteiger partial charge in [-0.1, -0.05) is 48.0 Å². The largest absolute Gasteiger partial charge is 0.485 e. The van der Waals surface area contributed by atoms with Crippen molar-refractivity contribution in [1.29, 1.82) is 0 Å². The van der Waals surface area contributed by atoms with E-state index >= 15 is 0 Å². The minimum absolute atomic E-state index is 0.0413. The van der Waals surface area contributed by atoms with Gasteiger partial charge < -0.3 is 24.3 Å². The van der Waals surface area contributed by atoms with E-state index in [1.54, 1.807) is 48.5 Å². The zero-order valence-electron chi connectivity index (χ0n) is 18.5. The summed E-state index contributed by atoms with van der Waals surface area (Å²) in [6.07, 6.45) is 2.79. The van der Waals surface area contributed by atoms with Gasteiger partial charge in [0.25, 0.3) is 5.91 Å². The summed E-state index contributed by atoms with van der Waals surface area (Å²) in [5, 5.41) is 3.17. The van der Waals surface area contributed by atoms with E-state index < -0.39 is 18.5 Å². The molecule has 0 aliphatic rings. The van der Waals surface area contributed by atoms with Crippen molar-refractivity contribution in [2.75, 3.05) is 25.8 Å². The molecule has 0 saturated carbocycles. The Balaban J connectivity index is 1.55. The number of hydrogen-bond donors (Lipinski definition) is 1. The first kappa shape index (κ1) is 24.8. The molecule has 3 aromatic carbocycles. The smallest absolute Gasteiger partial charge is 0.331 e. The summed E-state index contributed by atoms with van der Waals surface area (Å²) in [5.74, 6) is -0.107. The molecule has 0 aliphatic carbocycles. The number of anilines is 1. The van der Waals surface area contributed by atoms with Gasteiger partial charge in [0.05, 0.1) is 0 Å². The Morgan fingerprint density at radius 2 is 1.71 bits per heavy atom. The van der Waals surface area contributed by atoms with Gasteiger partial charge >= 0.3 is 5.97 Å². The van der Waals surface area contributed by atoms with Crippen molar-refractivity contribution < 1.29 is 28.5 Å². The van der Waals surface area contributed by atoms with Crippen LogP contribution < -0.4 is 14.8 Å². The Kier molecular flexibility index (Phi) is 9.52. The first-order valence-electron chi connectivity index (χ1n) is 10.4. The summed E-state index contributed by atoms with van der Waals surface area (Å²) in [7, 11) is 1.52. The van der Waals surface area contributed by atoms with Crippen molar-refractivity contribution in [3.05, 3.63) is 95.0 Å². The van der Waals surface area contributed by atoms with E-state index in [0.29, 0.717) is 34.4 Å². The average Bonchev–Trinajstić information content (AvgIpc) is 2.86. The second-order valence-corrected chi connectivity index (χ2v) is 7.46. The molecule has 8 heteroatoms. The highest BCUT2D eigenvalue weighted by molar-refractivity contribution is 6.30. The molecule has 3 rings (SSSR count). The molecule has 7 nitrogen and oxygen atoms in total. The molecule has 0 radical (unpaired) electrons. The molecule has 176 valence electrons. The normalized spacial score (nSPS) is 10.6. The van der Waals surface area contributed by atoms with Gasteiger partial charge in [0.1, 0.15) is 6.61 Å². The predicted octanol–water partition coefficient (Wildman–Crippen LogP) is 5.10. The van der Waals surface area contributed by atoms with E-state index in [4.69, 9.17) is 30.5 Å². The minimum Gasteiger partial charge on any atom is -0.485 e. The number of carbonyl (C=O) groups excluding carboxylic acids is 2. The van der Waals surface area contributed by atoms with Crippen LogP contribution in [0.1, 0.15) is 11.1 Å². The van der Waals surface area contributed by atoms with Crippen molar-refractivity contribution in [3.8, 4) is 11.5 Å². The fraction of sp³-hybridized carbons (Fsp3) is 0.154. The summed E-state index contributed by atoms with van der Waals surface area (Å²) in [6.45, 7) is 0.00365. The van der Waals surface area contributed by atoms with Gasteiger partial charge in [-0.2, -0.15) is 0 Å². The standard InChI is InChI=1S/C26H24ClNO6/c1-31-18-34-24-15-19(7-13-23(24)32-16-20-5-3-2-4-6-20)8-14-26(30)33-17-25(29)28-22-11-9-21(27)10-12-22/h2-15H,16-18H2,1H3,(H,28,29)/b14-8+. The maximum atomic E-state index is 12.0. The molecule has 0 unspecified atom stereocenters. The van der Waals surface area contributed by atoms with Crippen molar-refractivity contribution in [1.82, 2.24) is 0 Å². The van der Waals surface area contributed by atoms with Gasteiger partial charge in [-0.25, -0.2) is 4.79 Å². The number of rotatable bonds is 11. The van der Waals surface area contributed by atoms with Crippen LogP contribution >= 0.6 is 11.6 Å². The number of methoxy groups -OCH3 is 1. The predicted molar refractivity (Wildman–Crippen MR) is 130 cm³/mol. The zero-order chi connectivity index (χ0) is 24.2. The van der Waals surface area contributed by atoms with E-state index in [1.165, 1.54) is 13.2 Å². The summed E-state index contributed by atoms with van der Waals surface area (Å²) in [5.41, 5.74) is 2.26. The van der Waals surface area contributed by atoms with Gasteiger partial charge in [0, 0.05) is 23.9 Å². The van der Waals surface area contributed by atoms with Crippen LogP contribution in [0, 0.1) is 0 Å². The van der Waals surface area contributed by atoms with Crippen LogP contribution in [0.5, 0.6) is 11.5 Å². The van der Waals surface area contributed by atoms with Crippen molar-refractivity contribution >= 4 is 35.2 Å².